The maximum absolute atomic E-state index is 13.1. The number of carbonyl (C=O) groups is 2. The van der Waals surface area contributed by atoms with E-state index in [1.807, 2.05) is 34.1 Å². The Balaban J connectivity index is 1.13. The van der Waals surface area contributed by atoms with Crippen LogP contribution in [-0.2, 0) is 22.6 Å². The van der Waals surface area contributed by atoms with E-state index in [-0.39, 0.29) is 29.5 Å². The van der Waals surface area contributed by atoms with Gasteiger partial charge in [0.15, 0.2) is 0 Å². The second-order valence-corrected chi connectivity index (χ2v) is 10.2. The molecule has 10 heteroatoms. The molecule has 0 radical (unpaired) electrons. The Morgan fingerprint density at radius 3 is 2.47 bits per heavy atom. The molecule has 2 amide bonds. The molecule has 2 aromatic carbocycles. The standard InChI is InChI=1S/C28H31N5O5/c1-38-24-7-2-4-21(16-24)17-26(34)30-13-9-28(10-14-30)11-15-31(20-28)27(35)19-32-12-8-25(29-32)22-5-3-6-23(18-22)33(36)37/h2-8,12,16,18H,9-11,13-15,17,19-20H2,1H3. The van der Waals surface area contributed by atoms with E-state index in [4.69, 9.17) is 4.74 Å². The number of hydrogen-bond acceptors (Lipinski definition) is 6. The molecule has 3 heterocycles. The van der Waals surface area contributed by atoms with Gasteiger partial charge >= 0.3 is 0 Å². The number of likely N-dealkylation sites (tertiary alicyclic amines) is 2. The number of nitro benzene ring substituents is 1. The Hall–Kier alpha value is -4.21. The highest BCUT2D eigenvalue weighted by Gasteiger charge is 2.42. The number of rotatable bonds is 7. The lowest BCUT2D eigenvalue weighted by molar-refractivity contribution is -0.384. The number of amides is 2. The number of non-ortho nitro benzene ring substituents is 1. The van der Waals surface area contributed by atoms with E-state index >= 15 is 0 Å². The molecular formula is C28H31N5O5. The summed E-state index contributed by atoms with van der Waals surface area (Å²) in [7, 11) is 1.62. The Labute approximate surface area is 220 Å². The summed E-state index contributed by atoms with van der Waals surface area (Å²) < 4.78 is 6.85. The van der Waals surface area contributed by atoms with Crippen molar-refractivity contribution in [3.8, 4) is 17.0 Å². The molecule has 0 atom stereocenters. The van der Waals surface area contributed by atoms with Gasteiger partial charge < -0.3 is 14.5 Å². The van der Waals surface area contributed by atoms with Gasteiger partial charge in [-0.3, -0.25) is 24.4 Å². The van der Waals surface area contributed by atoms with Gasteiger partial charge in [-0.05, 0) is 48.4 Å². The highest BCUT2D eigenvalue weighted by atomic mass is 16.6. The van der Waals surface area contributed by atoms with Crippen molar-refractivity contribution in [3.05, 3.63) is 76.5 Å². The zero-order valence-electron chi connectivity index (χ0n) is 21.4. The molecule has 198 valence electrons. The minimum atomic E-state index is -0.436. The van der Waals surface area contributed by atoms with Crippen LogP contribution in [0.25, 0.3) is 11.3 Å². The zero-order chi connectivity index (χ0) is 26.7. The summed E-state index contributed by atoms with van der Waals surface area (Å²) in [5.41, 5.74) is 2.23. The molecule has 0 saturated carbocycles. The third kappa shape index (κ3) is 5.53. The first-order chi connectivity index (χ1) is 18.3. The molecule has 0 aliphatic carbocycles. The van der Waals surface area contributed by atoms with Crippen molar-refractivity contribution in [2.24, 2.45) is 5.41 Å². The minimum Gasteiger partial charge on any atom is -0.497 e. The maximum atomic E-state index is 13.1. The van der Waals surface area contributed by atoms with Gasteiger partial charge in [0.2, 0.25) is 11.8 Å². The number of hydrogen-bond donors (Lipinski definition) is 0. The predicted octanol–water partition coefficient (Wildman–Crippen LogP) is 3.55. The predicted molar refractivity (Wildman–Crippen MR) is 140 cm³/mol. The van der Waals surface area contributed by atoms with Crippen molar-refractivity contribution >= 4 is 17.5 Å². The first-order valence-electron chi connectivity index (χ1n) is 12.8. The van der Waals surface area contributed by atoms with Crippen LogP contribution in [0.1, 0.15) is 24.8 Å². The van der Waals surface area contributed by atoms with E-state index in [1.165, 1.54) is 12.1 Å². The van der Waals surface area contributed by atoms with Gasteiger partial charge in [-0.15, -0.1) is 0 Å². The molecule has 5 rings (SSSR count). The molecule has 38 heavy (non-hydrogen) atoms. The number of methoxy groups -OCH3 is 1. The van der Waals surface area contributed by atoms with Crippen LogP contribution >= 0.6 is 0 Å². The number of carbonyl (C=O) groups excluding carboxylic acids is 2. The summed E-state index contributed by atoms with van der Waals surface area (Å²) in [6, 6.07) is 15.7. The molecule has 0 N–H and O–H groups in total. The van der Waals surface area contributed by atoms with Crippen LogP contribution < -0.4 is 4.74 Å². The minimum absolute atomic E-state index is 0.00327. The summed E-state index contributed by atoms with van der Waals surface area (Å²) in [5, 5.41) is 15.5. The quantitative estimate of drug-likeness (QED) is 0.350. The lowest BCUT2D eigenvalue weighted by Gasteiger charge is -2.39. The summed E-state index contributed by atoms with van der Waals surface area (Å²) in [6.45, 7) is 2.93. The molecule has 0 bridgehead atoms. The Kier molecular flexibility index (Phi) is 7.13. The SMILES string of the molecule is COc1cccc(CC(=O)N2CCC3(CC2)CCN(C(=O)Cn2ccc(-c4cccc([N+](=O)[O-])c4)n2)C3)c1. The number of ether oxygens (including phenoxy) is 1. The van der Waals surface area contributed by atoms with Gasteiger partial charge in [0.25, 0.3) is 5.69 Å². The lowest BCUT2D eigenvalue weighted by atomic mass is 9.77. The van der Waals surface area contributed by atoms with Crippen LogP contribution in [0, 0.1) is 15.5 Å². The molecule has 2 aliphatic heterocycles. The smallest absolute Gasteiger partial charge is 0.270 e. The second kappa shape index (κ2) is 10.6. The molecule has 2 saturated heterocycles. The Bertz CT molecular complexity index is 1340. The third-order valence-electron chi connectivity index (χ3n) is 7.75. The van der Waals surface area contributed by atoms with Gasteiger partial charge in [0, 0.05) is 50.1 Å². The maximum Gasteiger partial charge on any atom is 0.270 e. The Morgan fingerprint density at radius 1 is 1.00 bits per heavy atom. The third-order valence-corrected chi connectivity index (χ3v) is 7.75. The van der Waals surface area contributed by atoms with Crippen LogP contribution in [0.4, 0.5) is 5.69 Å². The van der Waals surface area contributed by atoms with Crippen LogP contribution in [0.3, 0.4) is 0 Å². The average Bonchev–Trinajstić information content (AvgIpc) is 3.57. The Morgan fingerprint density at radius 2 is 1.74 bits per heavy atom. The molecular weight excluding hydrogens is 486 g/mol. The number of aromatic nitrogens is 2. The normalized spacial score (nSPS) is 16.6. The van der Waals surface area contributed by atoms with Crippen molar-refractivity contribution in [2.75, 3.05) is 33.3 Å². The van der Waals surface area contributed by atoms with Crippen molar-refractivity contribution in [3.63, 3.8) is 0 Å². The van der Waals surface area contributed by atoms with E-state index in [0.29, 0.717) is 43.9 Å². The van der Waals surface area contributed by atoms with Gasteiger partial charge in [0.05, 0.1) is 24.1 Å². The monoisotopic (exact) mass is 517 g/mol. The highest BCUT2D eigenvalue weighted by Crippen LogP contribution is 2.40. The van der Waals surface area contributed by atoms with E-state index in [0.717, 1.165) is 30.6 Å². The first kappa shape index (κ1) is 25.4. The number of benzene rings is 2. The number of nitrogens with zero attached hydrogens (tertiary/aromatic N) is 5. The van der Waals surface area contributed by atoms with Crippen molar-refractivity contribution in [2.45, 2.75) is 32.2 Å². The summed E-state index contributed by atoms with van der Waals surface area (Å²) >= 11 is 0. The number of piperidine rings is 1. The number of nitro groups is 1. The zero-order valence-corrected chi connectivity index (χ0v) is 21.4. The van der Waals surface area contributed by atoms with E-state index < -0.39 is 4.92 Å². The van der Waals surface area contributed by atoms with Crippen molar-refractivity contribution in [1.29, 1.82) is 0 Å². The first-order valence-corrected chi connectivity index (χ1v) is 12.8. The van der Waals surface area contributed by atoms with E-state index in [9.17, 15) is 19.7 Å². The van der Waals surface area contributed by atoms with Crippen LogP contribution in [0.5, 0.6) is 5.75 Å². The van der Waals surface area contributed by atoms with Gasteiger partial charge in [-0.1, -0.05) is 24.3 Å². The van der Waals surface area contributed by atoms with Crippen molar-refractivity contribution < 1.29 is 19.2 Å². The molecule has 2 aliphatic rings. The summed E-state index contributed by atoms with van der Waals surface area (Å²) in [4.78, 5) is 40.4. The fourth-order valence-electron chi connectivity index (χ4n) is 5.48. The van der Waals surface area contributed by atoms with Crippen LogP contribution in [0.15, 0.2) is 60.8 Å². The summed E-state index contributed by atoms with van der Waals surface area (Å²) in [6.07, 6.45) is 4.80. The average molecular weight is 518 g/mol. The second-order valence-electron chi connectivity index (χ2n) is 10.2. The molecule has 10 nitrogen and oxygen atoms in total. The van der Waals surface area contributed by atoms with Crippen LogP contribution in [-0.4, -0.2) is 69.6 Å². The topological polar surface area (TPSA) is 111 Å². The largest absolute Gasteiger partial charge is 0.497 e. The fraction of sp³-hybridized carbons (Fsp3) is 0.393. The molecule has 1 spiro atoms. The van der Waals surface area contributed by atoms with Crippen LogP contribution in [0.2, 0.25) is 0 Å². The molecule has 2 fully saturated rings. The fourth-order valence-corrected chi connectivity index (χ4v) is 5.48. The molecule has 0 unspecified atom stereocenters. The van der Waals surface area contributed by atoms with Gasteiger partial charge in [-0.25, -0.2) is 0 Å². The molecule has 3 aromatic rings. The lowest BCUT2D eigenvalue weighted by Crippen LogP contribution is -2.45. The van der Waals surface area contributed by atoms with Crippen molar-refractivity contribution in [1.82, 2.24) is 19.6 Å². The van der Waals surface area contributed by atoms with Gasteiger partial charge in [-0.2, -0.15) is 5.10 Å². The highest BCUT2D eigenvalue weighted by molar-refractivity contribution is 5.79. The van der Waals surface area contributed by atoms with E-state index in [2.05, 4.69) is 5.10 Å². The van der Waals surface area contributed by atoms with E-state index in [1.54, 1.807) is 36.2 Å². The molecule has 1 aromatic heterocycles. The summed E-state index contributed by atoms with van der Waals surface area (Å²) in [5.74, 6) is 0.878. The van der Waals surface area contributed by atoms with Gasteiger partial charge in [0.1, 0.15) is 12.3 Å².